The van der Waals surface area contributed by atoms with Crippen molar-refractivity contribution in [2.75, 3.05) is 0 Å². The summed E-state index contributed by atoms with van der Waals surface area (Å²) in [7, 11) is 0. The van der Waals surface area contributed by atoms with Crippen molar-refractivity contribution in [2.45, 2.75) is 40.5 Å². The molecule has 1 fully saturated rings. The van der Waals surface area contributed by atoms with Gasteiger partial charge >= 0.3 is 0 Å². The van der Waals surface area contributed by atoms with Crippen LogP contribution in [0.5, 0.6) is 0 Å². The largest absolute Gasteiger partial charge is 0.299 e. The molecular formula is C9H18O. The molecule has 0 aliphatic heterocycles. The molecule has 0 aromatic carbocycles. The van der Waals surface area contributed by atoms with Crippen LogP contribution in [0.1, 0.15) is 40.5 Å². The monoisotopic (exact) mass is 142 g/mol. The average molecular weight is 142 g/mol. The summed E-state index contributed by atoms with van der Waals surface area (Å²) in [4.78, 5) is 10.8. The Morgan fingerprint density at radius 1 is 1.30 bits per heavy atom. The lowest BCUT2D eigenvalue weighted by atomic mass is 10.1. The number of hydrogen-bond acceptors (Lipinski definition) is 1. The topological polar surface area (TPSA) is 17.1 Å². The van der Waals surface area contributed by atoms with Crippen LogP contribution in [0, 0.1) is 11.8 Å². The first-order valence-corrected chi connectivity index (χ1v) is 4.23. The van der Waals surface area contributed by atoms with Gasteiger partial charge in [-0.3, -0.25) is 4.79 Å². The molecule has 1 rings (SSSR count). The van der Waals surface area contributed by atoms with E-state index in [2.05, 4.69) is 6.92 Å². The molecule has 0 spiro atoms. The second kappa shape index (κ2) is 4.48. The Morgan fingerprint density at radius 2 is 1.80 bits per heavy atom. The van der Waals surface area contributed by atoms with E-state index in [9.17, 15) is 4.79 Å². The van der Waals surface area contributed by atoms with E-state index in [1.165, 1.54) is 0 Å². The van der Waals surface area contributed by atoms with Crippen LogP contribution in [0.2, 0.25) is 0 Å². The Labute approximate surface area is 63.8 Å². The summed E-state index contributed by atoms with van der Waals surface area (Å²) < 4.78 is 0. The Hall–Kier alpha value is -0.330. The van der Waals surface area contributed by atoms with Crippen molar-refractivity contribution in [2.24, 2.45) is 11.8 Å². The maximum absolute atomic E-state index is 10.8. The maximum atomic E-state index is 10.8. The Balaban J connectivity index is 0.000000371. The lowest BCUT2D eigenvalue weighted by molar-refractivity contribution is -0.120. The number of carbonyl (C=O) groups is 1. The van der Waals surface area contributed by atoms with E-state index in [1.807, 2.05) is 20.8 Å². The van der Waals surface area contributed by atoms with Crippen molar-refractivity contribution in [1.29, 1.82) is 0 Å². The van der Waals surface area contributed by atoms with E-state index in [0.29, 0.717) is 17.6 Å². The molecule has 0 N–H and O–H groups in total. The molecule has 0 aromatic rings. The fraction of sp³-hybridized carbons (Fsp3) is 0.889. The average Bonchev–Trinajstić information content (AvgIpc) is 2.16. The number of carbonyl (C=O) groups excluding carboxylic acids is 1. The van der Waals surface area contributed by atoms with Gasteiger partial charge in [0.1, 0.15) is 5.78 Å². The predicted molar refractivity (Wildman–Crippen MR) is 43.9 cm³/mol. The fourth-order valence-corrected chi connectivity index (χ4v) is 1.36. The van der Waals surface area contributed by atoms with Crippen molar-refractivity contribution in [3.63, 3.8) is 0 Å². The molecule has 0 saturated heterocycles. The quantitative estimate of drug-likeness (QED) is 0.508. The van der Waals surface area contributed by atoms with Gasteiger partial charge in [-0.05, 0) is 12.3 Å². The summed E-state index contributed by atoms with van der Waals surface area (Å²) in [5, 5.41) is 0. The summed E-state index contributed by atoms with van der Waals surface area (Å²) in [6, 6.07) is 0. The highest BCUT2D eigenvalue weighted by atomic mass is 16.1. The fourth-order valence-electron chi connectivity index (χ4n) is 1.36. The smallest absolute Gasteiger partial charge is 0.135 e. The van der Waals surface area contributed by atoms with Crippen LogP contribution in [-0.2, 0) is 4.79 Å². The van der Waals surface area contributed by atoms with E-state index < -0.39 is 0 Å². The zero-order chi connectivity index (χ0) is 8.15. The minimum absolute atomic E-state index is 0.352. The molecule has 2 unspecified atom stereocenters. The molecule has 10 heavy (non-hydrogen) atoms. The van der Waals surface area contributed by atoms with Crippen molar-refractivity contribution in [3.8, 4) is 0 Å². The molecule has 1 heteroatoms. The van der Waals surface area contributed by atoms with Crippen LogP contribution in [0.15, 0.2) is 0 Å². The second-order valence-electron chi connectivity index (χ2n) is 2.91. The molecule has 1 aliphatic rings. The molecule has 0 heterocycles. The Bertz CT molecular complexity index is 107. The van der Waals surface area contributed by atoms with Crippen molar-refractivity contribution < 1.29 is 4.79 Å². The van der Waals surface area contributed by atoms with Gasteiger partial charge in [-0.25, -0.2) is 0 Å². The second-order valence-corrected chi connectivity index (χ2v) is 2.91. The number of Topliss-reactive ketones (excluding diaryl/α,β-unsaturated/α-hetero) is 1. The molecule has 0 aromatic heterocycles. The highest BCUT2D eigenvalue weighted by Gasteiger charge is 2.25. The molecule has 0 bridgehead atoms. The Kier molecular flexibility index (Phi) is 4.33. The van der Waals surface area contributed by atoms with Gasteiger partial charge in [-0.15, -0.1) is 0 Å². The Morgan fingerprint density at radius 3 is 1.90 bits per heavy atom. The minimum Gasteiger partial charge on any atom is -0.299 e. The highest BCUT2D eigenvalue weighted by molar-refractivity contribution is 5.82. The molecule has 1 nitrogen and oxygen atoms in total. The number of rotatable bonds is 0. The van der Waals surface area contributed by atoms with Gasteiger partial charge in [-0.1, -0.05) is 27.7 Å². The van der Waals surface area contributed by atoms with Crippen molar-refractivity contribution >= 4 is 5.78 Å². The van der Waals surface area contributed by atoms with Crippen LogP contribution >= 0.6 is 0 Å². The van der Waals surface area contributed by atoms with Crippen molar-refractivity contribution in [3.05, 3.63) is 0 Å². The van der Waals surface area contributed by atoms with Crippen molar-refractivity contribution in [1.82, 2.24) is 0 Å². The van der Waals surface area contributed by atoms with Gasteiger partial charge in [0.15, 0.2) is 0 Å². The molecule has 0 radical (unpaired) electrons. The van der Waals surface area contributed by atoms with Gasteiger partial charge in [0.05, 0.1) is 0 Å². The SMILES string of the molecule is CC.CC1CC(=O)C(C)C1. The van der Waals surface area contributed by atoms with Crippen LogP contribution in [0.25, 0.3) is 0 Å². The minimum atomic E-state index is 0.352. The zero-order valence-electron chi connectivity index (χ0n) is 7.48. The molecule has 60 valence electrons. The summed E-state index contributed by atoms with van der Waals surface area (Å²) in [5.41, 5.74) is 0. The van der Waals surface area contributed by atoms with Gasteiger partial charge in [-0.2, -0.15) is 0 Å². The summed E-state index contributed by atoms with van der Waals surface area (Å²) in [5.74, 6) is 1.46. The normalized spacial score (nSPS) is 31.4. The molecule has 2 atom stereocenters. The number of ketones is 1. The van der Waals surface area contributed by atoms with Crippen LogP contribution in [-0.4, -0.2) is 5.78 Å². The zero-order valence-corrected chi connectivity index (χ0v) is 7.48. The van der Waals surface area contributed by atoms with Crippen LogP contribution < -0.4 is 0 Å². The molecular weight excluding hydrogens is 124 g/mol. The standard InChI is InChI=1S/C7H12O.C2H6/c1-5-3-6(2)7(8)4-5;1-2/h5-6H,3-4H2,1-2H3;1-2H3. The molecule has 1 saturated carbocycles. The van der Waals surface area contributed by atoms with E-state index >= 15 is 0 Å². The van der Waals surface area contributed by atoms with Gasteiger partial charge in [0, 0.05) is 12.3 Å². The summed E-state index contributed by atoms with van der Waals surface area (Å²) >= 11 is 0. The number of hydrogen-bond donors (Lipinski definition) is 0. The molecule has 0 amide bonds. The van der Waals surface area contributed by atoms with Crippen LogP contribution in [0.4, 0.5) is 0 Å². The van der Waals surface area contributed by atoms with Crippen LogP contribution in [0.3, 0.4) is 0 Å². The maximum Gasteiger partial charge on any atom is 0.135 e. The summed E-state index contributed by atoms with van der Waals surface area (Å²) in [6.45, 7) is 8.16. The first-order chi connectivity index (χ1) is 4.70. The first kappa shape index (κ1) is 9.67. The first-order valence-electron chi connectivity index (χ1n) is 4.23. The third-order valence-corrected chi connectivity index (χ3v) is 1.86. The molecule has 1 aliphatic carbocycles. The van der Waals surface area contributed by atoms with E-state index in [0.717, 1.165) is 12.8 Å². The third-order valence-electron chi connectivity index (χ3n) is 1.86. The lowest BCUT2D eigenvalue weighted by Crippen LogP contribution is -1.98. The highest BCUT2D eigenvalue weighted by Crippen LogP contribution is 2.25. The predicted octanol–water partition coefficient (Wildman–Crippen LogP) is 2.65. The summed E-state index contributed by atoms with van der Waals surface area (Å²) in [6.07, 6.45) is 1.93. The van der Waals surface area contributed by atoms with Gasteiger partial charge < -0.3 is 0 Å². The van der Waals surface area contributed by atoms with Gasteiger partial charge in [0.25, 0.3) is 0 Å². The van der Waals surface area contributed by atoms with E-state index in [4.69, 9.17) is 0 Å². The third kappa shape index (κ3) is 2.51. The van der Waals surface area contributed by atoms with Gasteiger partial charge in [0.2, 0.25) is 0 Å². The van der Waals surface area contributed by atoms with E-state index in [1.54, 1.807) is 0 Å². The van der Waals surface area contributed by atoms with E-state index in [-0.39, 0.29) is 0 Å². The lowest BCUT2D eigenvalue weighted by Gasteiger charge is -1.94.